The third-order valence-electron chi connectivity index (χ3n) is 4.76. The van der Waals surface area contributed by atoms with Crippen molar-refractivity contribution in [3.63, 3.8) is 0 Å². The highest BCUT2D eigenvalue weighted by atomic mass is 16.5. The Labute approximate surface area is 189 Å². The topological polar surface area (TPSA) is 116 Å². The molecular weight excluding hydrogens is 424 g/mol. The van der Waals surface area contributed by atoms with Crippen molar-refractivity contribution in [1.29, 1.82) is 0 Å². The summed E-state index contributed by atoms with van der Waals surface area (Å²) in [5, 5.41) is 5.83. The highest BCUT2D eigenvalue weighted by molar-refractivity contribution is 5.95. The Hall–Kier alpha value is -4.40. The molecule has 168 valence electrons. The minimum absolute atomic E-state index is 0.147. The van der Waals surface area contributed by atoms with E-state index in [9.17, 15) is 9.59 Å². The molecule has 0 aliphatic carbocycles. The van der Waals surface area contributed by atoms with E-state index in [1.807, 2.05) is 36.4 Å². The van der Waals surface area contributed by atoms with Crippen molar-refractivity contribution in [2.75, 3.05) is 0 Å². The lowest BCUT2D eigenvalue weighted by Gasteiger charge is -2.15. The van der Waals surface area contributed by atoms with Gasteiger partial charge in [0.2, 0.25) is 11.7 Å². The van der Waals surface area contributed by atoms with Crippen LogP contribution in [0.5, 0.6) is 11.5 Å². The van der Waals surface area contributed by atoms with E-state index >= 15 is 0 Å². The van der Waals surface area contributed by atoms with Gasteiger partial charge in [0.25, 0.3) is 11.8 Å². The number of fused-ring (bicyclic) bond motifs is 1. The number of rotatable bonds is 7. The number of nitrogens with zero attached hydrogens (tertiary/aromatic N) is 2. The van der Waals surface area contributed by atoms with Gasteiger partial charge in [-0.05, 0) is 54.1 Å². The van der Waals surface area contributed by atoms with E-state index in [1.165, 1.54) is 0 Å². The van der Waals surface area contributed by atoms with Gasteiger partial charge in [0.15, 0.2) is 12.7 Å². The Morgan fingerprint density at radius 2 is 1.70 bits per heavy atom. The zero-order valence-corrected chi connectivity index (χ0v) is 18.1. The largest absolute Gasteiger partial charge is 0.485 e. The van der Waals surface area contributed by atoms with Crippen LogP contribution in [0.2, 0.25) is 0 Å². The highest BCUT2D eigenvalue weighted by Gasteiger charge is 2.16. The van der Waals surface area contributed by atoms with Crippen LogP contribution in [-0.4, -0.2) is 28.1 Å². The molecule has 0 aliphatic heterocycles. The van der Waals surface area contributed by atoms with Crippen LogP contribution in [0.3, 0.4) is 0 Å². The lowest BCUT2D eigenvalue weighted by atomic mass is 10.1. The van der Waals surface area contributed by atoms with E-state index < -0.39 is 17.9 Å². The number of amides is 2. The number of benzene rings is 3. The molecular formula is C24H22N4O5. The quantitative estimate of drug-likeness (QED) is 0.418. The summed E-state index contributed by atoms with van der Waals surface area (Å²) in [7, 11) is 0. The van der Waals surface area contributed by atoms with Gasteiger partial charge in [-0.3, -0.25) is 20.4 Å². The molecule has 0 aliphatic rings. The molecule has 1 heterocycles. The lowest BCUT2D eigenvalue weighted by molar-refractivity contribution is -0.128. The fraction of sp³-hybridized carbons (Fsp3) is 0.167. The molecule has 2 amide bonds. The number of aryl methyl sites for hydroxylation is 1. The first-order valence-corrected chi connectivity index (χ1v) is 10.3. The summed E-state index contributed by atoms with van der Waals surface area (Å²) in [6.45, 7) is 3.45. The number of aromatic nitrogens is 2. The first kappa shape index (κ1) is 21.8. The Morgan fingerprint density at radius 3 is 2.42 bits per heavy atom. The number of hydrazine groups is 1. The Balaban J connectivity index is 1.26. The van der Waals surface area contributed by atoms with Crippen molar-refractivity contribution in [3.05, 3.63) is 84.0 Å². The van der Waals surface area contributed by atoms with Gasteiger partial charge in [-0.2, -0.15) is 4.98 Å². The maximum Gasteiger partial charge on any atom is 0.279 e. The summed E-state index contributed by atoms with van der Waals surface area (Å²) in [5.41, 5.74) is 5.11. The summed E-state index contributed by atoms with van der Waals surface area (Å²) in [5.74, 6) is 1.04. The van der Waals surface area contributed by atoms with Gasteiger partial charge >= 0.3 is 0 Å². The molecule has 2 N–H and O–H groups in total. The molecule has 0 fully saturated rings. The molecule has 3 aromatic carbocycles. The number of nitrogens with one attached hydrogen (secondary N) is 2. The highest BCUT2D eigenvalue weighted by Crippen LogP contribution is 2.21. The molecule has 9 nitrogen and oxygen atoms in total. The van der Waals surface area contributed by atoms with Crippen LogP contribution in [0.25, 0.3) is 10.8 Å². The zero-order valence-electron chi connectivity index (χ0n) is 18.1. The second kappa shape index (κ2) is 9.82. The molecule has 4 aromatic rings. The Morgan fingerprint density at radius 1 is 0.970 bits per heavy atom. The van der Waals surface area contributed by atoms with Crippen LogP contribution < -0.4 is 20.3 Å². The van der Waals surface area contributed by atoms with Crippen molar-refractivity contribution >= 4 is 22.6 Å². The molecule has 0 bridgehead atoms. The molecule has 1 unspecified atom stereocenters. The number of hydrogen-bond acceptors (Lipinski definition) is 7. The number of carbonyl (C=O) groups excluding carboxylic acids is 2. The summed E-state index contributed by atoms with van der Waals surface area (Å²) in [4.78, 5) is 28.7. The van der Waals surface area contributed by atoms with Gasteiger partial charge < -0.3 is 14.0 Å². The zero-order chi connectivity index (χ0) is 23.2. The average Bonchev–Trinajstić information content (AvgIpc) is 3.26. The van der Waals surface area contributed by atoms with Crippen LogP contribution in [0.1, 0.15) is 29.0 Å². The van der Waals surface area contributed by atoms with E-state index in [1.54, 1.807) is 44.2 Å². The fourth-order valence-electron chi connectivity index (χ4n) is 3.04. The van der Waals surface area contributed by atoms with Gasteiger partial charge in [0.1, 0.15) is 11.5 Å². The summed E-state index contributed by atoms with van der Waals surface area (Å²) in [6.07, 6.45) is -0.809. The van der Waals surface area contributed by atoms with Crippen LogP contribution >= 0.6 is 0 Å². The number of hydrogen-bond donors (Lipinski definition) is 2. The Kier molecular flexibility index (Phi) is 6.49. The van der Waals surface area contributed by atoms with Crippen LogP contribution in [0, 0.1) is 6.92 Å². The van der Waals surface area contributed by atoms with Gasteiger partial charge in [-0.25, -0.2) is 0 Å². The van der Waals surface area contributed by atoms with E-state index in [0.29, 0.717) is 28.8 Å². The molecule has 0 saturated carbocycles. The SMILES string of the molecule is Cc1nc(COc2ccc(C(=O)NNC(=O)C(C)Oc3ccc4ccccc4c3)cc2)no1. The predicted octanol–water partition coefficient (Wildman–Crippen LogP) is 3.34. The number of carbonyl (C=O) groups is 2. The van der Waals surface area contributed by atoms with Crippen molar-refractivity contribution in [3.8, 4) is 11.5 Å². The minimum atomic E-state index is -0.809. The smallest absolute Gasteiger partial charge is 0.279 e. The van der Waals surface area contributed by atoms with Crippen molar-refractivity contribution in [2.24, 2.45) is 0 Å². The molecule has 9 heteroatoms. The maximum atomic E-state index is 12.3. The second-order valence-electron chi connectivity index (χ2n) is 7.26. The Bertz CT molecular complexity index is 1270. The molecule has 0 radical (unpaired) electrons. The first-order chi connectivity index (χ1) is 16.0. The molecule has 1 atom stereocenters. The maximum absolute atomic E-state index is 12.3. The molecule has 33 heavy (non-hydrogen) atoms. The van der Waals surface area contributed by atoms with Gasteiger partial charge in [0, 0.05) is 12.5 Å². The van der Waals surface area contributed by atoms with E-state index in [-0.39, 0.29) is 6.61 Å². The third kappa shape index (κ3) is 5.65. The third-order valence-corrected chi connectivity index (χ3v) is 4.76. The van der Waals surface area contributed by atoms with Crippen molar-refractivity contribution in [2.45, 2.75) is 26.6 Å². The van der Waals surface area contributed by atoms with Gasteiger partial charge in [0.05, 0.1) is 0 Å². The van der Waals surface area contributed by atoms with Crippen LogP contribution in [0.15, 0.2) is 71.3 Å². The average molecular weight is 446 g/mol. The standard InChI is InChI=1S/C24H22N4O5/c1-15(32-21-12-7-17-5-3-4-6-19(17)13-21)23(29)26-27-24(30)18-8-10-20(11-9-18)31-14-22-25-16(2)33-28-22/h3-13,15H,14H2,1-2H3,(H,26,29)(H,27,30). The molecule has 4 rings (SSSR count). The van der Waals surface area contributed by atoms with E-state index in [0.717, 1.165) is 10.8 Å². The molecule has 1 aromatic heterocycles. The minimum Gasteiger partial charge on any atom is -0.485 e. The monoisotopic (exact) mass is 446 g/mol. The van der Waals surface area contributed by atoms with Gasteiger partial charge in [-0.1, -0.05) is 35.5 Å². The summed E-state index contributed by atoms with van der Waals surface area (Å²) < 4.78 is 16.1. The first-order valence-electron chi connectivity index (χ1n) is 10.3. The van der Waals surface area contributed by atoms with Gasteiger partial charge in [-0.15, -0.1) is 0 Å². The van der Waals surface area contributed by atoms with Crippen LogP contribution in [-0.2, 0) is 11.4 Å². The predicted molar refractivity (Wildman–Crippen MR) is 119 cm³/mol. The van der Waals surface area contributed by atoms with E-state index in [2.05, 4.69) is 21.0 Å². The summed E-state index contributed by atoms with van der Waals surface area (Å²) >= 11 is 0. The summed E-state index contributed by atoms with van der Waals surface area (Å²) in [6, 6.07) is 19.9. The fourth-order valence-corrected chi connectivity index (χ4v) is 3.04. The second-order valence-corrected chi connectivity index (χ2v) is 7.26. The molecule has 0 saturated heterocycles. The van der Waals surface area contributed by atoms with Crippen LogP contribution in [0.4, 0.5) is 0 Å². The number of ether oxygens (including phenoxy) is 2. The van der Waals surface area contributed by atoms with Crippen molar-refractivity contribution in [1.82, 2.24) is 21.0 Å². The van der Waals surface area contributed by atoms with Crippen molar-refractivity contribution < 1.29 is 23.6 Å². The van der Waals surface area contributed by atoms with E-state index in [4.69, 9.17) is 14.0 Å². The lowest BCUT2D eigenvalue weighted by Crippen LogP contribution is -2.47. The molecule has 0 spiro atoms. The normalized spacial score (nSPS) is 11.6.